The summed E-state index contributed by atoms with van der Waals surface area (Å²) in [4.78, 5) is 36.0. The van der Waals surface area contributed by atoms with Crippen LogP contribution in [0.25, 0.3) is 0 Å². The SMILES string of the molecule is CCOC(=O)CC(C)CCSCCC(NC(=O)OC(C)(C)C)C(=O)OC(C)(C)C. The van der Waals surface area contributed by atoms with E-state index in [9.17, 15) is 14.4 Å². The third kappa shape index (κ3) is 16.1. The molecule has 0 aromatic heterocycles. The van der Waals surface area contributed by atoms with Gasteiger partial charge in [0, 0.05) is 6.42 Å². The largest absolute Gasteiger partial charge is 0.466 e. The summed E-state index contributed by atoms with van der Waals surface area (Å²) < 4.78 is 15.6. The molecule has 0 rings (SSSR count). The summed E-state index contributed by atoms with van der Waals surface area (Å²) in [5.41, 5.74) is -1.28. The topological polar surface area (TPSA) is 90.9 Å². The number of rotatable bonds is 11. The summed E-state index contributed by atoms with van der Waals surface area (Å²) in [6.07, 6.45) is 1.08. The smallest absolute Gasteiger partial charge is 0.408 e. The molecule has 0 saturated carbocycles. The molecule has 0 bridgehead atoms. The lowest BCUT2D eigenvalue weighted by atomic mass is 10.1. The van der Waals surface area contributed by atoms with Crippen molar-refractivity contribution in [1.29, 1.82) is 0 Å². The molecule has 2 unspecified atom stereocenters. The molecule has 0 aliphatic rings. The Morgan fingerprint density at radius 2 is 1.48 bits per heavy atom. The van der Waals surface area contributed by atoms with E-state index >= 15 is 0 Å². The molecule has 0 aliphatic heterocycles. The average Bonchev–Trinajstić information content (AvgIpc) is 2.50. The van der Waals surface area contributed by atoms with E-state index in [0.29, 0.717) is 25.2 Å². The van der Waals surface area contributed by atoms with Crippen LogP contribution in [0.15, 0.2) is 0 Å². The fourth-order valence-electron chi connectivity index (χ4n) is 2.27. The number of esters is 2. The molecule has 29 heavy (non-hydrogen) atoms. The highest BCUT2D eigenvalue weighted by atomic mass is 32.2. The number of amides is 1. The Hall–Kier alpha value is -1.44. The standard InChI is InChI=1S/C21H39NO6S/c1-9-26-17(23)14-15(2)10-12-29-13-11-16(18(24)27-20(3,4)5)22-19(25)28-21(6,7)8/h15-16H,9-14H2,1-8H3,(H,22,25). The van der Waals surface area contributed by atoms with E-state index in [1.54, 1.807) is 60.2 Å². The van der Waals surface area contributed by atoms with Gasteiger partial charge in [0.05, 0.1) is 6.61 Å². The van der Waals surface area contributed by atoms with Crippen molar-refractivity contribution < 1.29 is 28.6 Å². The number of thioether (sulfide) groups is 1. The van der Waals surface area contributed by atoms with Gasteiger partial charge in [-0.25, -0.2) is 9.59 Å². The van der Waals surface area contributed by atoms with E-state index in [2.05, 4.69) is 5.32 Å². The molecule has 0 fully saturated rings. The normalized spacial score (nSPS) is 13.9. The highest BCUT2D eigenvalue weighted by molar-refractivity contribution is 7.99. The van der Waals surface area contributed by atoms with Crippen molar-refractivity contribution in [2.75, 3.05) is 18.1 Å². The van der Waals surface area contributed by atoms with E-state index in [0.717, 1.165) is 12.2 Å². The molecular formula is C21H39NO6S. The number of nitrogens with one attached hydrogen (secondary N) is 1. The Labute approximate surface area is 180 Å². The zero-order valence-corrected chi connectivity index (χ0v) is 20.1. The summed E-state index contributed by atoms with van der Waals surface area (Å²) in [5.74, 6) is 1.12. The zero-order chi connectivity index (χ0) is 22.7. The minimum Gasteiger partial charge on any atom is -0.466 e. The molecule has 170 valence electrons. The molecule has 0 aromatic rings. The Kier molecular flexibility index (Phi) is 12.3. The van der Waals surface area contributed by atoms with Crippen LogP contribution in [0, 0.1) is 5.92 Å². The van der Waals surface area contributed by atoms with E-state index in [-0.39, 0.29) is 11.9 Å². The van der Waals surface area contributed by atoms with Crippen LogP contribution in [-0.4, -0.2) is 53.4 Å². The summed E-state index contributed by atoms with van der Waals surface area (Å²) in [6.45, 7) is 14.9. The van der Waals surface area contributed by atoms with Crippen LogP contribution >= 0.6 is 11.8 Å². The molecule has 0 saturated heterocycles. The quantitative estimate of drug-likeness (QED) is 0.295. The van der Waals surface area contributed by atoms with Crippen molar-refractivity contribution in [3.05, 3.63) is 0 Å². The minimum atomic E-state index is -0.770. The lowest BCUT2D eigenvalue weighted by Gasteiger charge is -2.26. The third-order valence-corrected chi connectivity index (χ3v) is 4.56. The predicted molar refractivity (Wildman–Crippen MR) is 116 cm³/mol. The maximum Gasteiger partial charge on any atom is 0.408 e. The van der Waals surface area contributed by atoms with Crippen LogP contribution in [0.5, 0.6) is 0 Å². The summed E-state index contributed by atoms with van der Waals surface area (Å²) in [5, 5.41) is 2.63. The molecule has 8 heteroatoms. The monoisotopic (exact) mass is 433 g/mol. The lowest BCUT2D eigenvalue weighted by Crippen LogP contribution is -2.46. The molecule has 0 aromatic carbocycles. The Morgan fingerprint density at radius 1 is 0.931 bits per heavy atom. The van der Waals surface area contributed by atoms with Crippen LogP contribution in [-0.2, 0) is 23.8 Å². The zero-order valence-electron chi connectivity index (χ0n) is 19.3. The average molecular weight is 434 g/mol. The van der Waals surface area contributed by atoms with Gasteiger partial charge in [0.2, 0.25) is 0 Å². The van der Waals surface area contributed by atoms with Gasteiger partial charge in [0.1, 0.15) is 17.2 Å². The van der Waals surface area contributed by atoms with Gasteiger partial charge in [0.25, 0.3) is 0 Å². The Morgan fingerprint density at radius 3 is 2.00 bits per heavy atom. The van der Waals surface area contributed by atoms with Crippen molar-refractivity contribution >= 4 is 29.8 Å². The van der Waals surface area contributed by atoms with Gasteiger partial charge in [-0.1, -0.05) is 6.92 Å². The van der Waals surface area contributed by atoms with Gasteiger partial charge < -0.3 is 19.5 Å². The summed E-state index contributed by atoms with van der Waals surface area (Å²) in [6, 6.07) is -0.770. The van der Waals surface area contributed by atoms with Gasteiger partial charge in [0.15, 0.2) is 0 Å². The highest BCUT2D eigenvalue weighted by Gasteiger charge is 2.28. The van der Waals surface area contributed by atoms with Crippen molar-refractivity contribution in [3.63, 3.8) is 0 Å². The predicted octanol–water partition coefficient (Wildman–Crippen LogP) is 4.32. The molecule has 1 N–H and O–H groups in total. The van der Waals surface area contributed by atoms with Crippen LogP contribution in [0.1, 0.15) is 74.7 Å². The van der Waals surface area contributed by atoms with Crippen LogP contribution in [0.2, 0.25) is 0 Å². The number of hydrogen-bond donors (Lipinski definition) is 1. The molecule has 0 heterocycles. The van der Waals surface area contributed by atoms with E-state index < -0.39 is 29.3 Å². The highest BCUT2D eigenvalue weighted by Crippen LogP contribution is 2.17. The maximum atomic E-state index is 12.5. The van der Waals surface area contributed by atoms with Crippen LogP contribution < -0.4 is 5.32 Å². The number of ether oxygens (including phenoxy) is 3. The Balaban J connectivity index is 4.52. The fourth-order valence-corrected chi connectivity index (χ4v) is 3.44. The van der Waals surface area contributed by atoms with Gasteiger partial charge in [-0.2, -0.15) is 11.8 Å². The number of carbonyl (C=O) groups excluding carboxylic acids is 3. The number of hydrogen-bond acceptors (Lipinski definition) is 7. The molecule has 2 atom stereocenters. The van der Waals surface area contributed by atoms with E-state index in [4.69, 9.17) is 14.2 Å². The first-order valence-corrected chi connectivity index (χ1v) is 11.3. The van der Waals surface area contributed by atoms with E-state index in [1.165, 1.54) is 0 Å². The maximum absolute atomic E-state index is 12.5. The Bertz CT molecular complexity index is 524. The minimum absolute atomic E-state index is 0.170. The van der Waals surface area contributed by atoms with Crippen LogP contribution in [0.3, 0.4) is 0 Å². The first-order chi connectivity index (χ1) is 13.2. The van der Waals surface area contributed by atoms with Crippen molar-refractivity contribution in [2.45, 2.75) is 91.9 Å². The molecule has 1 amide bonds. The lowest BCUT2D eigenvalue weighted by molar-refractivity contribution is -0.157. The van der Waals surface area contributed by atoms with Crippen molar-refractivity contribution in [1.82, 2.24) is 5.32 Å². The molecule has 7 nitrogen and oxygen atoms in total. The van der Waals surface area contributed by atoms with Gasteiger partial charge in [-0.3, -0.25) is 4.79 Å². The fraction of sp³-hybridized carbons (Fsp3) is 0.857. The molecule has 0 radical (unpaired) electrons. The third-order valence-electron chi connectivity index (χ3n) is 3.51. The van der Waals surface area contributed by atoms with E-state index in [1.807, 2.05) is 6.92 Å². The molecular weight excluding hydrogens is 394 g/mol. The second-order valence-corrected chi connectivity index (χ2v) is 10.3. The van der Waals surface area contributed by atoms with Crippen molar-refractivity contribution in [3.8, 4) is 0 Å². The second-order valence-electron chi connectivity index (χ2n) is 9.04. The van der Waals surface area contributed by atoms with Gasteiger partial charge >= 0.3 is 18.0 Å². The molecule has 0 aliphatic carbocycles. The number of carbonyl (C=O) groups is 3. The summed E-state index contributed by atoms with van der Waals surface area (Å²) in [7, 11) is 0. The molecule has 0 spiro atoms. The van der Waals surface area contributed by atoms with Gasteiger partial charge in [-0.05, 0) is 78.7 Å². The van der Waals surface area contributed by atoms with Gasteiger partial charge in [-0.15, -0.1) is 0 Å². The second kappa shape index (κ2) is 13.0. The first kappa shape index (κ1) is 27.6. The summed E-state index contributed by atoms with van der Waals surface area (Å²) >= 11 is 1.67. The first-order valence-electron chi connectivity index (χ1n) is 10.2. The van der Waals surface area contributed by atoms with Crippen molar-refractivity contribution in [2.24, 2.45) is 5.92 Å². The van der Waals surface area contributed by atoms with Crippen LogP contribution in [0.4, 0.5) is 4.79 Å². The number of alkyl carbamates (subject to hydrolysis) is 1.